The van der Waals surface area contributed by atoms with E-state index in [1.165, 1.54) is 4.90 Å². The number of ether oxygens (including phenoxy) is 2. The number of rotatable bonds is 5. The molecule has 174 valence electrons. The zero-order chi connectivity index (χ0) is 23.6. The van der Waals surface area contributed by atoms with Crippen molar-refractivity contribution in [1.82, 2.24) is 0 Å². The lowest BCUT2D eigenvalue weighted by Gasteiger charge is -2.29. The van der Waals surface area contributed by atoms with Gasteiger partial charge in [-0.2, -0.15) is 0 Å². The summed E-state index contributed by atoms with van der Waals surface area (Å²) >= 11 is 0. The van der Waals surface area contributed by atoms with Gasteiger partial charge in [0.05, 0.1) is 42.5 Å². The summed E-state index contributed by atoms with van der Waals surface area (Å²) in [6.45, 7) is 2.02. The maximum absolute atomic E-state index is 13.5. The number of nitrogens with zero attached hydrogens (tertiary/aromatic N) is 2. The second-order valence-electron chi connectivity index (χ2n) is 9.20. The molecule has 2 aromatic rings. The number of hydrogen-bond donors (Lipinski definition) is 0. The fraction of sp³-hybridized carbons (Fsp3) is 0.385. The second-order valence-corrected chi connectivity index (χ2v) is 9.20. The van der Waals surface area contributed by atoms with Crippen LogP contribution in [0.3, 0.4) is 0 Å². The molecule has 0 spiro atoms. The van der Waals surface area contributed by atoms with Crippen LogP contribution in [0.5, 0.6) is 5.75 Å². The summed E-state index contributed by atoms with van der Waals surface area (Å²) in [6, 6.07) is 14.1. The molecule has 0 radical (unpaired) electrons. The molecule has 6 unspecified atom stereocenters. The van der Waals surface area contributed by atoms with E-state index in [9.17, 15) is 14.4 Å². The van der Waals surface area contributed by atoms with Crippen molar-refractivity contribution in [3.8, 4) is 5.75 Å². The van der Waals surface area contributed by atoms with Gasteiger partial charge in [0.25, 0.3) is 0 Å². The molecule has 6 rings (SSSR count). The Bertz CT molecular complexity index is 1200. The van der Waals surface area contributed by atoms with E-state index < -0.39 is 11.9 Å². The molecule has 0 N–H and O–H groups in total. The normalized spacial score (nSPS) is 30.6. The summed E-state index contributed by atoms with van der Waals surface area (Å²) in [4.78, 5) is 46.1. The number of carbonyl (C=O) groups excluding carboxylic acids is 3. The van der Waals surface area contributed by atoms with E-state index in [4.69, 9.17) is 14.3 Å². The number of anilines is 1. The molecule has 0 aromatic heterocycles. The summed E-state index contributed by atoms with van der Waals surface area (Å²) in [6.07, 6.45) is 0.596. The Balaban J connectivity index is 1.27. The van der Waals surface area contributed by atoms with Gasteiger partial charge >= 0.3 is 5.97 Å². The molecule has 2 aromatic carbocycles. The van der Waals surface area contributed by atoms with Crippen LogP contribution < -0.4 is 9.64 Å². The quantitative estimate of drug-likeness (QED) is 0.503. The molecule has 34 heavy (non-hydrogen) atoms. The van der Waals surface area contributed by atoms with Crippen LogP contribution in [-0.4, -0.2) is 43.3 Å². The molecule has 2 amide bonds. The van der Waals surface area contributed by atoms with Crippen molar-refractivity contribution >= 4 is 29.2 Å². The molecule has 3 fully saturated rings. The topological polar surface area (TPSA) is 94.5 Å². The minimum atomic E-state index is -0.432. The fourth-order valence-corrected chi connectivity index (χ4v) is 6.34. The number of amides is 2. The standard InChI is InChI=1S/C26H24N2O6/c1-3-33-26(31)14-4-8-15(9-5-14)28-24(29)19-17-12-18(20(19)25(28)30)23-21(17)22(27-34-23)13-6-10-16(32-2)11-7-13/h4-11,17-21,23H,3,12H2,1-2H3. The van der Waals surface area contributed by atoms with Crippen molar-refractivity contribution in [3.63, 3.8) is 0 Å². The molecular formula is C26H24N2O6. The number of fused-ring (bicyclic) bond motifs is 8. The summed E-state index contributed by atoms with van der Waals surface area (Å²) in [5, 5.41) is 4.38. The summed E-state index contributed by atoms with van der Waals surface area (Å²) in [7, 11) is 1.62. The first-order chi connectivity index (χ1) is 16.5. The van der Waals surface area contributed by atoms with Gasteiger partial charge in [0, 0.05) is 17.4 Å². The predicted octanol–water partition coefficient (Wildman–Crippen LogP) is 3.05. The van der Waals surface area contributed by atoms with Gasteiger partial charge in [0.1, 0.15) is 11.9 Å². The minimum Gasteiger partial charge on any atom is -0.497 e. The van der Waals surface area contributed by atoms with Crippen molar-refractivity contribution in [2.45, 2.75) is 19.4 Å². The molecule has 2 bridgehead atoms. The smallest absolute Gasteiger partial charge is 0.338 e. The van der Waals surface area contributed by atoms with Gasteiger partial charge in [-0.05, 0) is 67.8 Å². The van der Waals surface area contributed by atoms with Crippen LogP contribution in [-0.2, 0) is 19.2 Å². The largest absolute Gasteiger partial charge is 0.497 e. The van der Waals surface area contributed by atoms with E-state index >= 15 is 0 Å². The maximum atomic E-state index is 13.5. The van der Waals surface area contributed by atoms with E-state index in [1.807, 2.05) is 24.3 Å². The van der Waals surface area contributed by atoms with Crippen LogP contribution in [0.1, 0.15) is 29.3 Å². The average molecular weight is 460 g/mol. The second kappa shape index (κ2) is 7.68. The third-order valence-corrected chi connectivity index (χ3v) is 7.71. The lowest BCUT2D eigenvalue weighted by atomic mass is 9.71. The van der Waals surface area contributed by atoms with Crippen LogP contribution in [0.25, 0.3) is 0 Å². The molecule has 4 aliphatic rings. The van der Waals surface area contributed by atoms with Gasteiger partial charge in [0.15, 0.2) is 0 Å². The fourth-order valence-electron chi connectivity index (χ4n) is 6.34. The van der Waals surface area contributed by atoms with Crippen LogP contribution in [0.15, 0.2) is 53.7 Å². The molecule has 2 heterocycles. The highest BCUT2D eigenvalue weighted by Crippen LogP contribution is 2.62. The van der Waals surface area contributed by atoms with Crippen LogP contribution in [0.4, 0.5) is 5.69 Å². The SMILES string of the molecule is CCOC(=O)c1ccc(N2C(=O)C3C4CC(C5C(c6ccc(OC)cc6)=NOC45)C3C2=O)cc1. The Morgan fingerprint density at radius 3 is 2.32 bits per heavy atom. The predicted molar refractivity (Wildman–Crippen MR) is 121 cm³/mol. The molecule has 2 aliphatic heterocycles. The van der Waals surface area contributed by atoms with Crippen LogP contribution >= 0.6 is 0 Å². The molecule has 8 heteroatoms. The molecule has 2 aliphatic carbocycles. The Labute approximate surface area is 196 Å². The molecular weight excluding hydrogens is 436 g/mol. The Morgan fingerprint density at radius 1 is 1.00 bits per heavy atom. The Kier molecular flexibility index (Phi) is 4.72. The third-order valence-electron chi connectivity index (χ3n) is 7.71. The first-order valence-electron chi connectivity index (χ1n) is 11.6. The van der Waals surface area contributed by atoms with Crippen molar-refractivity contribution in [2.75, 3.05) is 18.6 Å². The maximum Gasteiger partial charge on any atom is 0.338 e. The highest BCUT2D eigenvalue weighted by Gasteiger charge is 2.70. The van der Waals surface area contributed by atoms with Gasteiger partial charge in [-0.15, -0.1) is 0 Å². The molecule has 1 saturated heterocycles. The molecule has 8 nitrogen and oxygen atoms in total. The van der Waals surface area contributed by atoms with Gasteiger partial charge in [-0.3, -0.25) is 14.5 Å². The lowest BCUT2D eigenvalue weighted by molar-refractivity contribution is -0.125. The number of esters is 1. The van der Waals surface area contributed by atoms with E-state index in [1.54, 1.807) is 38.3 Å². The van der Waals surface area contributed by atoms with Crippen LogP contribution in [0, 0.1) is 29.6 Å². The van der Waals surface area contributed by atoms with Gasteiger partial charge in [0.2, 0.25) is 11.8 Å². The van der Waals surface area contributed by atoms with Gasteiger partial charge in [-0.25, -0.2) is 4.79 Å². The van der Waals surface area contributed by atoms with Gasteiger partial charge < -0.3 is 14.3 Å². The molecule has 6 atom stereocenters. The number of methoxy groups -OCH3 is 1. The van der Waals surface area contributed by atoms with E-state index in [2.05, 4.69) is 5.16 Å². The van der Waals surface area contributed by atoms with Crippen molar-refractivity contribution in [1.29, 1.82) is 0 Å². The molecule has 2 saturated carbocycles. The van der Waals surface area contributed by atoms with Crippen molar-refractivity contribution < 1.29 is 28.7 Å². The first kappa shape index (κ1) is 20.9. The minimum absolute atomic E-state index is 0.00334. The number of benzene rings is 2. The van der Waals surface area contributed by atoms with E-state index in [0.29, 0.717) is 11.3 Å². The van der Waals surface area contributed by atoms with E-state index in [-0.39, 0.29) is 48.2 Å². The first-order valence-corrected chi connectivity index (χ1v) is 11.6. The van der Waals surface area contributed by atoms with Crippen molar-refractivity contribution in [3.05, 3.63) is 59.7 Å². The number of hydrogen-bond acceptors (Lipinski definition) is 7. The highest BCUT2D eigenvalue weighted by atomic mass is 16.6. The number of imide groups is 1. The highest BCUT2D eigenvalue weighted by molar-refractivity contribution is 6.23. The number of oxime groups is 1. The summed E-state index contributed by atoms with van der Waals surface area (Å²) in [5.74, 6) is -0.863. The monoisotopic (exact) mass is 460 g/mol. The Morgan fingerprint density at radius 2 is 1.68 bits per heavy atom. The van der Waals surface area contributed by atoms with Gasteiger partial charge in [-0.1, -0.05) is 5.16 Å². The lowest BCUT2D eigenvalue weighted by Crippen LogP contribution is -2.41. The zero-order valence-electron chi connectivity index (χ0n) is 18.8. The average Bonchev–Trinajstić information content (AvgIpc) is 3.60. The summed E-state index contributed by atoms with van der Waals surface area (Å²) in [5.41, 5.74) is 2.65. The van der Waals surface area contributed by atoms with Crippen molar-refractivity contribution in [2.24, 2.45) is 34.7 Å². The van der Waals surface area contributed by atoms with E-state index in [0.717, 1.165) is 23.4 Å². The van der Waals surface area contributed by atoms with Crippen LogP contribution in [0.2, 0.25) is 0 Å². The third kappa shape index (κ3) is 2.84. The zero-order valence-corrected chi connectivity index (χ0v) is 18.8. The number of carbonyl (C=O) groups is 3. The summed E-state index contributed by atoms with van der Waals surface area (Å²) < 4.78 is 10.3. The Hall–Kier alpha value is -3.68.